The number of nitrogens with zero attached hydrogens (tertiary/aromatic N) is 2. The quantitative estimate of drug-likeness (QED) is 0.697. The standard InChI is InChI=1S/C26H27N3O4.ClH/c30-18-6-5-16-12-20-26(28-24(32)17-2-1-10-27-13-17)8-7-19(31)23-25(26,21(16)22(18)33-23)9-11-29(20)14-15-3-4-15;/h1-2,5-6,10,13,15,20,23,30H,3-4,7-9,11-12,14H2,(H,28,32);1H/t20-,23+,25+,26-;/m1./s1. The molecule has 3 heterocycles. The molecule has 5 aliphatic rings. The van der Waals surface area contributed by atoms with Crippen LogP contribution >= 0.6 is 12.4 Å². The van der Waals surface area contributed by atoms with Gasteiger partial charge >= 0.3 is 0 Å². The molecule has 2 bridgehead atoms. The van der Waals surface area contributed by atoms with Crippen LogP contribution in [0.1, 0.15) is 53.6 Å². The van der Waals surface area contributed by atoms with Crippen molar-refractivity contribution < 1.29 is 19.4 Å². The number of likely N-dealkylation sites (tertiary alicyclic amines) is 1. The summed E-state index contributed by atoms with van der Waals surface area (Å²) >= 11 is 0. The second kappa shape index (κ2) is 7.43. The summed E-state index contributed by atoms with van der Waals surface area (Å²) in [7, 11) is 0. The van der Waals surface area contributed by atoms with Crippen LogP contribution in [0.4, 0.5) is 0 Å². The number of halogens is 1. The number of benzene rings is 1. The van der Waals surface area contributed by atoms with Gasteiger partial charge in [0, 0.05) is 37.0 Å². The summed E-state index contributed by atoms with van der Waals surface area (Å²) in [5.41, 5.74) is 1.31. The molecule has 1 aromatic heterocycles. The van der Waals surface area contributed by atoms with E-state index < -0.39 is 17.1 Å². The van der Waals surface area contributed by atoms with Crippen molar-refractivity contribution in [3.05, 3.63) is 53.3 Å². The third-order valence-electron chi connectivity index (χ3n) is 8.87. The van der Waals surface area contributed by atoms with Gasteiger partial charge in [0.2, 0.25) is 0 Å². The van der Waals surface area contributed by atoms with Crippen LogP contribution < -0.4 is 10.1 Å². The first-order valence-electron chi connectivity index (χ1n) is 12.0. The number of phenols is 1. The van der Waals surface area contributed by atoms with E-state index in [1.165, 1.54) is 12.8 Å². The van der Waals surface area contributed by atoms with E-state index in [1.54, 1.807) is 30.6 Å². The Morgan fingerprint density at radius 1 is 1.26 bits per heavy atom. The van der Waals surface area contributed by atoms with Gasteiger partial charge in [0.1, 0.15) is 0 Å². The first kappa shape index (κ1) is 21.9. The second-order valence-corrected chi connectivity index (χ2v) is 10.5. The van der Waals surface area contributed by atoms with Gasteiger partial charge in [-0.2, -0.15) is 0 Å². The molecule has 1 saturated heterocycles. The molecular formula is C26H28ClN3O4. The van der Waals surface area contributed by atoms with Crippen molar-refractivity contribution in [2.75, 3.05) is 13.1 Å². The average molecular weight is 482 g/mol. The van der Waals surface area contributed by atoms with Gasteiger partial charge in [0.25, 0.3) is 5.91 Å². The lowest BCUT2D eigenvalue weighted by Gasteiger charge is -2.65. The van der Waals surface area contributed by atoms with Gasteiger partial charge < -0.3 is 15.2 Å². The van der Waals surface area contributed by atoms with Crippen LogP contribution in [0.15, 0.2) is 36.7 Å². The fourth-order valence-corrected chi connectivity index (χ4v) is 7.33. The highest BCUT2D eigenvalue weighted by molar-refractivity contribution is 5.96. The van der Waals surface area contributed by atoms with Gasteiger partial charge in [-0.25, -0.2) is 0 Å². The topological polar surface area (TPSA) is 91.8 Å². The smallest absolute Gasteiger partial charge is 0.253 e. The van der Waals surface area contributed by atoms with Crippen LogP contribution in [-0.2, 0) is 16.6 Å². The molecule has 2 aromatic rings. The molecule has 3 aliphatic carbocycles. The van der Waals surface area contributed by atoms with Crippen molar-refractivity contribution in [2.45, 2.75) is 61.6 Å². The zero-order chi connectivity index (χ0) is 22.4. The van der Waals surface area contributed by atoms with Crippen LogP contribution in [0.5, 0.6) is 11.5 Å². The fourth-order valence-electron chi connectivity index (χ4n) is 7.33. The largest absolute Gasteiger partial charge is 0.504 e. The predicted molar refractivity (Wildman–Crippen MR) is 127 cm³/mol. The van der Waals surface area contributed by atoms with Crippen molar-refractivity contribution in [1.29, 1.82) is 0 Å². The molecule has 2 N–H and O–H groups in total. The number of pyridine rings is 1. The lowest BCUT2D eigenvalue weighted by Crippen LogP contribution is -2.81. The normalized spacial score (nSPS) is 32.9. The number of ether oxygens (including phenoxy) is 1. The lowest BCUT2D eigenvalue weighted by atomic mass is 9.47. The van der Waals surface area contributed by atoms with Crippen LogP contribution in [0.25, 0.3) is 0 Å². The molecule has 2 saturated carbocycles. The molecule has 3 fully saturated rings. The molecular weight excluding hydrogens is 454 g/mol. The SMILES string of the molecule is Cl.O=C(N[C@@]12CCC(=O)[C@@H]3Oc4c(O)ccc5c4[C@@]31CCN(CC1CC1)[C@@H]2C5)c1cccnc1. The molecule has 2 aliphatic heterocycles. The number of carbonyl (C=O) groups is 2. The number of Topliss-reactive ketones (excluding diaryl/α,β-unsaturated/α-hetero) is 1. The summed E-state index contributed by atoms with van der Waals surface area (Å²) in [6.45, 7) is 1.90. The minimum atomic E-state index is -0.673. The first-order chi connectivity index (χ1) is 16.0. The first-order valence-corrected chi connectivity index (χ1v) is 12.0. The van der Waals surface area contributed by atoms with Gasteiger partial charge in [-0.3, -0.25) is 19.5 Å². The molecule has 4 atom stereocenters. The van der Waals surface area contributed by atoms with Gasteiger partial charge in [-0.1, -0.05) is 6.07 Å². The molecule has 7 rings (SSSR count). The number of ketones is 1. The zero-order valence-corrected chi connectivity index (χ0v) is 19.6. The Balaban J connectivity index is 0.00000217. The summed E-state index contributed by atoms with van der Waals surface area (Å²) in [4.78, 5) is 33.5. The van der Waals surface area contributed by atoms with E-state index in [0.29, 0.717) is 24.2 Å². The Bertz CT molecular complexity index is 1190. The number of rotatable bonds is 4. The molecule has 34 heavy (non-hydrogen) atoms. The maximum absolute atomic E-state index is 13.6. The van der Waals surface area contributed by atoms with Crippen LogP contribution in [0.2, 0.25) is 0 Å². The zero-order valence-electron chi connectivity index (χ0n) is 18.8. The number of amides is 1. The van der Waals surface area contributed by atoms with Gasteiger partial charge in [-0.15, -0.1) is 12.4 Å². The molecule has 0 unspecified atom stereocenters. The monoisotopic (exact) mass is 481 g/mol. The number of aromatic nitrogens is 1. The van der Waals surface area contributed by atoms with Crippen molar-refractivity contribution in [3.63, 3.8) is 0 Å². The summed E-state index contributed by atoms with van der Waals surface area (Å²) in [6.07, 6.45) is 7.55. The van der Waals surface area contributed by atoms with E-state index in [9.17, 15) is 14.7 Å². The van der Waals surface area contributed by atoms with E-state index in [0.717, 1.165) is 43.0 Å². The predicted octanol–water partition coefficient (Wildman–Crippen LogP) is 2.78. The number of nitrogens with one attached hydrogen (secondary N) is 1. The Morgan fingerprint density at radius 2 is 2.12 bits per heavy atom. The van der Waals surface area contributed by atoms with Gasteiger partial charge in [0.15, 0.2) is 23.4 Å². The van der Waals surface area contributed by atoms with E-state index in [4.69, 9.17) is 4.74 Å². The van der Waals surface area contributed by atoms with Gasteiger partial charge in [-0.05, 0) is 68.3 Å². The summed E-state index contributed by atoms with van der Waals surface area (Å²) in [5, 5.41) is 14.2. The Kier molecular flexibility index (Phi) is 4.78. The summed E-state index contributed by atoms with van der Waals surface area (Å²) in [6, 6.07) is 7.30. The van der Waals surface area contributed by atoms with Crippen LogP contribution in [0.3, 0.4) is 0 Å². The minimum Gasteiger partial charge on any atom is -0.504 e. The van der Waals surface area contributed by atoms with E-state index in [2.05, 4.69) is 15.2 Å². The summed E-state index contributed by atoms with van der Waals surface area (Å²) < 4.78 is 6.28. The molecule has 1 spiro atoms. The average Bonchev–Trinajstić information content (AvgIpc) is 3.57. The second-order valence-electron chi connectivity index (χ2n) is 10.5. The van der Waals surface area contributed by atoms with Crippen molar-refractivity contribution >= 4 is 24.1 Å². The van der Waals surface area contributed by atoms with Crippen molar-refractivity contribution in [3.8, 4) is 11.5 Å². The third kappa shape index (κ3) is 2.71. The number of phenolic OH excluding ortho intramolecular Hbond substituents is 1. The fraction of sp³-hybridized carbons (Fsp3) is 0.500. The van der Waals surface area contributed by atoms with Crippen LogP contribution in [-0.4, -0.2) is 57.5 Å². The molecule has 0 radical (unpaired) electrons. The number of hydrogen-bond acceptors (Lipinski definition) is 6. The molecule has 7 nitrogen and oxygen atoms in total. The van der Waals surface area contributed by atoms with Crippen LogP contribution in [0, 0.1) is 5.92 Å². The Hall–Kier alpha value is -2.64. The number of hydrogen-bond donors (Lipinski definition) is 2. The molecule has 178 valence electrons. The maximum atomic E-state index is 13.6. The van der Waals surface area contributed by atoms with Gasteiger partial charge in [0.05, 0.1) is 16.5 Å². The number of aromatic hydroxyl groups is 1. The Morgan fingerprint density at radius 3 is 2.88 bits per heavy atom. The minimum absolute atomic E-state index is 0. The third-order valence-corrected chi connectivity index (χ3v) is 8.87. The lowest BCUT2D eigenvalue weighted by molar-refractivity contribution is -0.143. The highest BCUT2D eigenvalue weighted by Gasteiger charge is 2.74. The highest BCUT2D eigenvalue weighted by atomic mass is 35.5. The molecule has 1 aromatic carbocycles. The van der Waals surface area contributed by atoms with E-state index in [-0.39, 0.29) is 35.9 Å². The Labute approximate surface area is 204 Å². The number of carbonyl (C=O) groups excluding carboxylic acids is 2. The molecule has 8 heteroatoms. The number of piperidine rings is 1. The van der Waals surface area contributed by atoms with Crippen molar-refractivity contribution in [2.24, 2.45) is 5.92 Å². The van der Waals surface area contributed by atoms with E-state index >= 15 is 0 Å². The van der Waals surface area contributed by atoms with E-state index in [1.807, 2.05) is 6.07 Å². The van der Waals surface area contributed by atoms with Crippen molar-refractivity contribution in [1.82, 2.24) is 15.2 Å². The highest BCUT2D eigenvalue weighted by Crippen LogP contribution is 2.65. The summed E-state index contributed by atoms with van der Waals surface area (Å²) in [5.74, 6) is 1.16. The molecule has 1 amide bonds. The maximum Gasteiger partial charge on any atom is 0.253 e.